The zero-order valence-corrected chi connectivity index (χ0v) is 9.07. The number of rotatable bonds is 2. The number of hydrogen-bond donors (Lipinski definition) is 1. The van der Waals surface area contributed by atoms with Crippen molar-refractivity contribution in [3.05, 3.63) is 35.5 Å². The molecule has 0 aromatic heterocycles. The lowest BCUT2D eigenvalue weighted by Gasteiger charge is -2.11. The summed E-state index contributed by atoms with van der Waals surface area (Å²) in [5, 5.41) is 9.43. The van der Waals surface area contributed by atoms with Gasteiger partial charge in [0.1, 0.15) is 0 Å². The molecule has 0 aromatic rings. The Morgan fingerprint density at radius 1 is 1.20 bits per heavy atom. The van der Waals surface area contributed by atoms with E-state index in [0.29, 0.717) is 11.1 Å². The minimum atomic E-state index is -0.986. The SMILES string of the molecule is CC1=CC(=O)C(/C=C/C(C)(C)O)=CC1=O. The minimum Gasteiger partial charge on any atom is -0.386 e. The van der Waals surface area contributed by atoms with Gasteiger partial charge < -0.3 is 5.11 Å². The normalized spacial score (nSPS) is 18.1. The van der Waals surface area contributed by atoms with E-state index in [0.717, 1.165) is 0 Å². The number of aliphatic hydroxyl groups is 1. The van der Waals surface area contributed by atoms with Crippen LogP contribution in [0.1, 0.15) is 20.8 Å². The van der Waals surface area contributed by atoms with Crippen LogP contribution in [0.15, 0.2) is 35.5 Å². The first kappa shape index (κ1) is 11.6. The van der Waals surface area contributed by atoms with E-state index >= 15 is 0 Å². The first-order valence-corrected chi connectivity index (χ1v) is 4.70. The molecule has 0 fully saturated rings. The van der Waals surface area contributed by atoms with E-state index in [2.05, 4.69) is 0 Å². The molecule has 3 nitrogen and oxygen atoms in total. The van der Waals surface area contributed by atoms with Crippen molar-refractivity contribution in [2.75, 3.05) is 0 Å². The molecule has 0 unspecified atom stereocenters. The van der Waals surface area contributed by atoms with Gasteiger partial charge >= 0.3 is 0 Å². The van der Waals surface area contributed by atoms with E-state index in [-0.39, 0.29) is 11.6 Å². The minimum absolute atomic E-state index is 0.162. The van der Waals surface area contributed by atoms with Crippen molar-refractivity contribution in [2.45, 2.75) is 26.4 Å². The fourth-order valence-corrected chi connectivity index (χ4v) is 1.10. The van der Waals surface area contributed by atoms with Crippen LogP contribution < -0.4 is 0 Å². The fraction of sp³-hybridized carbons (Fsp3) is 0.333. The molecule has 0 aliphatic heterocycles. The summed E-state index contributed by atoms with van der Waals surface area (Å²) in [4.78, 5) is 22.7. The zero-order valence-electron chi connectivity index (χ0n) is 9.07. The summed E-state index contributed by atoms with van der Waals surface area (Å²) in [6.07, 6.45) is 5.56. The first-order valence-electron chi connectivity index (χ1n) is 4.70. The van der Waals surface area contributed by atoms with E-state index in [1.807, 2.05) is 0 Å². The molecule has 3 heteroatoms. The van der Waals surface area contributed by atoms with Gasteiger partial charge in [0.2, 0.25) is 0 Å². The highest BCUT2D eigenvalue weighted by Crippen LogP contribution is 2.14. The molecule has 1 aliphatic rings. The summed E-state index contributed by atoms with van der Waals surface area (Å²) in [5.41, 5.74) is -0.228. The van der Waals surface area contributed by atoms with Crippen molar-refractivity contribution < 1.29 is 14.7 Å². The third-order valence-corrected chi connectivity index (χ3v) is 1.98. The number of hydrogen-bond acceptors (Lipinski definition) is 3. The maximum Gasteiger partial charge on any atom is 0.186 e. The van der Waals surface area contributed by atoms with E-state index in [9.17, 15) is 14.7 Å². The van der Waals surface area contributed by atoms with Crippen molar-refractivity contribution in [1.29, 1.82) is 0 Å². The Kier molecular flexibility index (Phi) is 3.05. The van der Waals surface area contributed by atoms with Crippen LogP contribution >= 0.6 is 0 Å². The van der Waals surface area contributed by atoms with Crippen LogP contribution in [-0.4, -0.2) is 22.3 Å². The Bertz CT molecular complexity index is 390. The van der Waals surface area contributed by atoms with Crippen molar-refractivity contribution in [1.82, 2.24) is 0 Å². The monoisotopic (exact) mass is 206 g/mol. The zero-order chi connectivity index (χ0) is 11.6. The maximum absolute atomic E-state index is 11.4. The van der Waals surface area contributed by atoms with E-state index in [4.69, 9.17) is 0 Å². The maximum atomic E-state index is 11.4. The molecule has 0 aromatic carbocycles. The number of carbonyl (C=O) groups excluding carboxylic acids is 2. The van der Waals surface area contributed by atoms with Gasteiger partial charge in [-0.2, -0.15) is 0 Å². The number of carbonyl (C=O) groups is 2. The van der Waals surface area contributed by atoms with Gasteiger partial charge in [0.05, 0.1) is 5.60 Å². The molecule has 0 amide bonds. The highest BCUT2D eigenvalue weighted by molar-refractivity contribution is 6.20. The van der Waals surface area contributed by atoms with E-state index in [1.54, 1.807) is 20.8 Å². The summed E-state index contributed by atoms with van der Waals surface area (Å²) in [7, 11) is 0. The standard InChI is InChI=1S/C12H14O3/c1-8-6-11(14)9(7-10(8)13)4-5-12(2,3)15/h4-7,15H,1-3H3/b5-4+. The van der Waals surface area contributed by atoms with Crippen molar-refractivity contribution in [3.63, 3.8) is 0 Å². The molecule has 0 saturated carbocycles. The summed E-state index contributed by atoms with van der Waals surface area (Å²) >= 11 is 0. The smallest absolute Gasteiger partial charge is 0.186 e. The summed E-state index contributed by atoms with van der Waals surface area (Å²) in [6, 6.07) is 0. The Morgan fingerprint density at radius 2 is 1.80 bits per heavy atom. The second kappa shape index (κ2) is 3.95. The van der Waals surface area contributed by atoms with Crippen LogP contribution in [0.3, 0.4) is 0 Å². The molecule has 1 aliphatic carbocycles. The highest BCUT2D eigenvalue weighted by Gasteiger charge is 2.16. The molecule has 0 heterocycles. The lowest BCUT2D eigenvalue weighted by molar-refractivity contribution is -0.114. The summed E-state index contributed by atoms with van der Waals surface area (Å²) in [5.74, 6) is -0.363. The van der Waals surface area contributed by atoms with Crippen LogP contribution in [0.2, 0.25) is 0 Å². The second-order valence-electron chi connectivity index (χ2n) is 4.14. The molecular formula is C12H14O3. The van der Waals surface area contributed by atoms with Crippen molar-refractivity contribution in [2.24, 2.45) is 0 Å². The molecule has 0 saturated heterocycles. The van der Waals surface area contributed by atoms with Crippen LogP contribution in [0.5, 0.6) is 0 Å². The van der Waals surface area contributed by atoms with Gasteiger partial charge in [-0.3, -0.25) is 9.59 Å². The molecule has 15 heavy (non-hydrogen) atoms. The van der Waals surface area contributed by atoms with Gasteiger partial charge in [0.25, 0.3) is 0 Å². The predicted molar refractivity (Wildman–Crippen MR) is 57.3 cm³/mol. The van der Waals surface area contributed by atoms with Gasteiger partial charge in [0.15, 0.2) is 11.6 Å². The molecule has 0 spiro atoms. The van der Waals surface area contributed by atoms with Crippen molar-refractivity contribution in [3.8, 4) is 0 Å². The Labute approximate surface area is 88.8 Å². The van der Waals surface area contributed by atoms with Crippen LogP contribution in [0.4, 0.5) is 0 Å². The Balaban J connectivity index is 2.91. The molecule has 0 bridgehead atoms. The molecule has 80 valence electrons. The first-order chi connectivity index (χ1) is 6.79. The topological polar surface area (TPSA) is 54.4 Å². The highest BCUT2D eigenvalue weighted by atomic mass is 16.3. The Hall–Kier alpha value is -1.48. The van der Waals surface area contributed by atoms with Crippen LogP contribution in [0, 0.1) is 0 Å². The quantitative estimate of drug-likeness (QED) is 0.693. The van der Waals surface area contributed by atoms with Crippen LogP contribution in [0.25, 0.3) is 0 Å². The molecular weight excluding hydrogens is 192 g/mol. The van der Waals surface area contributed by atoms with Gasteiger partial charge in [-0.1, -0.05) is 12.2 Å². The van der Waals surface area contributed by atoms with Gasteiger partial charge in [-0.25, -0.2) is 0 Å². The van der Waals surface area contributed by atoms with Gasteiger partial charge in [-0.15, -0.1) is 0 Å². The molecule has 0 radical (unpaired) electrons. The number of allylic oxidation sites excluding steroid dienone is 5. The largest absolute Gasteiger partial charge is 0.386 e. The fourth-order valence-electron chi connectivity index (χ4n) is 1.10. The molecule has 1 rings (SSSR count). The lowest BCUT2D eigenvalue weighted by Crippen LogP contribution is -2.15. The van der Waals surface area contributed by atoms with Gasteiger partial charge in [-0.05, 0) is 32.9 Å². The van der Waals surface area contributed by atoms with E-state index < -0.39 is 5.60 Å². The average Bonchev–Trinajstić information content (AvgIpc) is 2.07. The summed E-state index contributed by atoms with van der Waals surface area (Å²) in [6.45, 7) is 4.80. The molecule has 1 N–H and O–H groups in total. The third kappa shape index (κ3) is 3.29. The lowest BCUT2D eigenvalue weighted by atomic mass is 9.96. The predicted octanol–water partition coefficient (Wildman–Crippen LogP) is 1.34. The third-order valence-electron chi connectivity index (χ3n) is 1.98. The van der Waals surface area contributed by atoms with Gasteiger partial charge in [0, 0.05) is 11.1 Å². The van der Waals surface area contributed by atoms with Crippen LogP contribution in [-0.2, 0) is 9.59 Å². The molecule has 0 atom stereocenters. The van der Waals surface area contributed by atoms with Crippen molar-refractivity contribution >= 4 is 11.6 Å². The van der Waals surface area contributed by atoms with E-state index in [1.165, 1.54) is 24.3 Å². The second-order valence-corrected chi connectivity index (χ2v) is 4.14. The number of ketones is 2. The average molecular weight is 206 g/mol. The Morgan fingerprint density at radius 3 is 2.33 bits per heavy atom. The summed E-state index contributed by atoms with van der Waals surface area (Å²) < 4.78 is 0.